The molecule has 1 N–H and O–H groups in total. The summed E-state index contributed by atoms with van der Waals surface area (Å²) in [5.41, 5.74) is 4.96. The summed E-state index contributed by atoms with van der Waals surface area (Å²) < 4.78 is 11.8. The summed E-state index contributed by atoms with van der Waals surface area (Å²) in [6.45, 7) is 10.6. The molecule has 1 heterocycles. The molecule has 0 atom stereocenters. The van der Waals surface area contributed by atoms with E-state index in [1.807, 2.05) is 67.6 Å². The van der Waals surface area contributed by atoms with E-state index in [9.17, 15) is 0 Å². The minimum absolute atomic E-state index is 0.563. The Hall–Kier alpha value is -3.90. The summed E-state index contributed by atoms with van der Waals surface area (Å²) >= 11 is 0. The maximum absolute atomic E-state index is 5.93. The fourth-order valence-corrected chi connectivity index (χ4v) is 4.02. The molecule has 0 aliphatic carbocycles. The third-order valence-corrected chi connectivity index (χ3v) is 6.19. The number of aryl methyl sites for hydroxylation is 1. The van der Waals surface area contributed by atoms with Crippen molar-refractivity contribution in [2.75, 3.05) is 38.2 Å². The highest BCUT2D eigenvalue weighted by Crippen LogP contribution is 2.24. The van der Waals surface area contributed by atoms with Gasteiger partial charge in [-0.25, -0.2) is 9.97 Å². The average molecular weight is 497 g/mol. The van der Waals surface area contributed by atoms with Crippen LogP contribution in [0.3, 0.4) is 0 Å². The van der Waals surface area contributed by atoms with Crippen molar-refractivity contribution in [3.63, 3.8) is 0 Å². The maximum atomic E-state index is 5.93. The van der Waals surface area contributed by atoms with E-state index in [1.54, 1.807) is 0 Å². The fourth-order valence-electron chi connectivity index (χ4n) is 4.02. The van der Waals surface area contributed by atoms with Crippen molar-refractivity contribution < 1.29 is 9.47 Å². The Kier molecular flexibility index (Phi) is 9.49. The zero-order chi connectivity index (χ0) is 25.9. The lowest BCUT2D eigenvalue weighted by molar-refractivity contribution is 0.223. The lowest BCUT2D eigenvalue weighted by Gasteiger charge is -2.18. The summed E-state index contributed by atoms with van der Waals surface area (Å²) in [5.74, 6) is 2.27. The van der Waals surface area contributed by atoms with Crippen LogP contribution in [0.25, 0.3) is 11.3 Å². The molecule has 0 aliphatic rings. The number of benzene rings is 3. The normalized spacial score (nSPS) is 10.9. The standard InChI is InChI=1S/C31H36N4O2/c1-4-35(5-2)20-22-37-29-17-13-27(14-18-29)33-31-32-24(3)23-30(34-31)26-11-15-28(16-12-26)36-21-19-25-9-7-6-8-10-25/h6-18,23H,4-5,19-22H2,1-3H3,(H,32,33,34). The molecular formula is C31H36N4O2. The van der Waals surface area contributed by atoms with Crippen LogP contribution in [-0.2, 0) is 6.42 Å². The smallest absolute Gasteiger partial charge is 0.227 e. The van der Waals surface area contributed by atoms with E-state index >= 15 is 0 Å². The number of rotatable bonds is 13. The van der Waals surface area contributed by atoms with Crippen LogP contribution in [0.4, 0.5) is 11.6 Å². The monoisotopic (exact) mass is 496 g/mol. The predicted octanol–water partition coefficient (Wildman–Crippen LogP) is 6.54. The van der Waals surface area contributed by atoms with E-state index in [0.29, 0.717) is 19.2 Å². The molecule has 0 amide bonds. The number of hydrogen-bond acceptors (Lipinski definition) is 6. The first-order valence-corrected chi connectivity index (χ1v) is 13.0. The Morgan fingerprint density at radius 1 is 0.757 bits per heavy atom. The van der Waals surface area contributed by atoms with Crippen molar-refractivity contribution in [1.29, 1.82) is 0 Å². The quantitative estimate of drug-likeness (QED) is 0.227. The number of hydrogen-bond donors (Lipinski definition) is 1. The molecule has 6 heteroatoms. The van der Waals surface area contributed by atoms with Gasteiger partial charge in [0.1, 0.15) is 18.1 Å². The highest BCUT2D eigenvalue weighted by Gasteiger charge is 2.07. The Bertz CT molecular complexity index is 1220. The zero-order valence-electron chi connectivity index (χ0n) is 22.0. The van der Waals surface area contributed by atoms with Crippen molar-refractivity contribution in [1.82, 2.24) is 14.9 Å². The molecule has 6 nitrogen and oxygen atoms in total. The first-order chi connectivity index (χ1) is 18.1. The Morgan fingerprint density at radius 2 is 1.41 bits per heavy atom. The Balaban J connectivity index is 1.33. The number of anilines is 2. The van der Waals surface area contributed by atoms with Gasteiger partial charge in [-0.05, 0) is 80.2 Å². The molecule has 0 bridgehead atoms. The average Bonchev–Trinajstić information content (AvgIpc) is 2.93. The summed E-state index contributed by atoms with van der Waals surface area (Å²) in [7, 11) is 0. The summed E-state index contributed by atoms with van der Waals surface area (Å²) in [4.78, 5) is 11.7. The molecule has 1 aromatic heterocycles. The summed E-state index contributed by atoms with van der Waals surface area (Å²) in [6, 6.07) is 28.3. The number of nitrogens with one attached hydrogen (secondary N) is 1. The fraction of sp³-hybridized carbons (Fsp3) is 0.290. The summed E-state index contributed by atoms with van der Waals surface area (Å²) in [5, 5.41) is 3.32. The van der Waals surface area contributed by atoms with Gasteiger partial charge in [-0.1, -0.05) is 44.2 Å². The van der Waals surface area contributed by atoms with Gasteiger partial charge in [-0.3, -0.25) is 0 Å². The van der Waals surface area contributed by atoms with Crippen molar-refractivity contribution >= 4 is 11.6 Å². The Morgan fingerprint density at radius 3 is 2.08 bits per heavy atom. The van der Waals surface area contributed by atoms with E-state index in [1.165, 1.54) is 5.56 Å². The number of aromatic nitrogens is 2. The minimum atomic E-state index is 0.563. The molecule has 37 heavy (non-hydrogen) atoms. The molecule has 0 unspecified atom stereocenters. The molecular weight excluding hydrogens is 460 g/mol. The van der Waals surface area contributed by atoms with Crippen molar-refractivity contribution in [2.24, 2.45) is 0 Å². The topological polar surface area (TPSA) is 59.5 Å². The van der Waals surface area contributed by atoms with E-state index in [0.717, 1.165) is 60.2 Å². The van der Waals surface area contributed by atoms with Gasteiger partial charge in [0.25, 0.3) is 0 Å². The SMILES string of the molecule is CCN(CC)CCOc1ccc(Nc2nc(C)cc(-c3ccc(OCCc4ccccc4)cc3)n2)cc1. The van der Waals surface area contributed by atoms with Crippen LogP contribution in [0.15, 0.2) is 84.9 Å². The largest absolute Gasteiger partial charge is 0.493 e. The van der Waals surface area contributed by atoms with E-state index < -0.39 is 0 Å². The van der Waals surface area contributed by atoms with Gasteiger partial charge in [0.15, 0.2) is 0 Å². The van der Waals surface area contributed by atoms with Crippen molar-refractivity contribution in [3.05, 3.63) is 96.2 Å². The van der Waals surface area contributed by atoms with Crippen LogP contribution in [0.2, 0.25) is 0 Å². The third kappa shape index (κ3) is 8.05. The number of ether oxygens (including phenoxy) is 2. The number of nitrogens with zero attached hydrogens (tertiary/aromatic N) is 3. The van der Waals surface area contributed by atoms with Crippen molar-refractivity contribution in [2.45, 2.75) is 27.2 Å². The molecule has 0 spiro atoms. The maximum Gasteiger partial charge on any atom is 0.227 e. The molecule has 0 aliphatic heterocycles. The van der Waals surface area contributed by atoms with Gasteiger partial charge in [0, 0.05) is 29.9 Å². The van der Waals surface area contributed by atoms with Gasteiger partial charge >= 0.3 is 0 Å². The number of likely N-dealkylation sites (N-methyl/N-ethyl adjacent to an activating group) is 1. The molecule has 4 aromatic rings. The van der Waals surface area contributed by atoms with Crippen LogP contribution in [0, 0.1) is 6.92 Å². The van der Waals surface area contributed by atoms with Gasteiger partial charge in [0.2, 0.25) is 5.95 Å². The second kappa shape index (κ2) is 13.4. The van der Waals surface area contributed by atoms with Crippen LogP contribution in [0.5, 0.6) is 11.5 Å². The predicted molar refractivity (Wildman–Crippen MR) is 151 cm³/mol. The molecule has 0 fully saturated rings. The highest BCUT2D eigenvalue weighted by molar-refractivity contribution is 5.63. The zero-order valence-corrected chi connectivity index (χ0v) is 22.0. The lowest BCUT2D eigenvalue weighted by Crippen LogP contribution is -2.27. The van der Waals surface area contributed by atoms with Gasteiger partial charge < -0.3 is 19.7 Å². The Labute approximate surface area is 220 Å². The van der Waals surface area contributed by atoms with Crippen LogP contribution in [-0.4, -0.2) is 47.7 Å². The van der Waals surface area contributed by atoms with E-state index in [2.05, 4.69) is 53.3 Å². The summed E-state index contributed by atoms with van der Waals surface area (Å²) in [6.07, 6.45) is 0.881. The van der Waals surface area contributed by atoms with E-state index in [4.69, 9.17) is 14.5 Å². The first kappa shape index (κ1) is 26.2. The molecule has 3 aromatic carbocycles. The van der Waals surface area contributed by atoms with Gasteiger partial charge in [-0.15, -0.1) is 0 Å². The molecule has 0 saturated carbocycles. The van der Waals surface area contributed by atoms with Gasteiger partial charge in [-0.2, -0.15) is 0 Å². The highest BCUT2D eigenvalue weighted by atomic mass is 16.5. The minimum Gasteiger partial charge on any atom is -0.493 e. The second-order valence-corrected chi connectivity index (χ2v) is 8.85. The molecule has 0 radical (unpaired) electrons. The van der Waals surface area contributed by atoms with E-state index in [-0.39, 0.29) is 0 Å². The van der Waals surface area contributed by atoms with Gasteiger partial charge in [0.05, 0.1) is 12.3 Å². The molecule has 4 rings (SSSR count). The molecule has 192 valence electrons. The van der Waals surface area contributed by atoms with Crippen LogP contribution < -0.4 is 14.8 Å². The van der Waals surface area contributed by atoms with Crippen molar-refractivity contribution in [3.8, 4) is 22.8 Å². The lowest BCUT2D eigenvalue weighted by atomic mass is 10.1. The second-order valence-electron chi connectivity index (χ2n) is 8.85. The van der Waals surface area contributed by atoms with Crippen LogP contribution in [0.1, 0.15) is 25.1 Å². The first-order valence-electron chi connectivity index (χ1n) is 13.0. The third-order valence-electron chi connectivity index (χ3n) is 6.19. The molecule has 0 saturated heterocycles. The van der Waals surface area contributed by atoms with Crippen LogP contribution >= 0.6 is 0 Å².